The van der Waals surface area contributed by atoms with Crippen molar-refractivity contribution in [2.75, 3.05) is 13.6 Å². The predicted molar refractivity (Wildman–Crippen MR) is 57.6 cm³/mol. The zero-order chi connectivity index (χ0) is 12.1. The van der Waals surface area contributed by atoms with E-state index in [0.29, 0.717) is 6.54 Å². The van der Waals surface area contributed by atoms with Crippen LogP contribution in [-0.4, -0.2) is 36.6 Å². The van der Waals surface area contributed by atoms with Gasteiger partial charge in [0.25, 0.3) is 0 Å². The van der Waals surface area contributed by atoms with Gasteiger partial charge in [0.05, 0.1) is 0 Å². The highest BCUT2D eigenvalue weighted by atomic mass is 16.4. The highest BCUT2D eigenvalue weighted by Crippen LogP contribution is 2.19. The number of hydrogen-bond donors (Lipinski definition) is 3. The molecule has 1 amide bonds. The molecular formula is C10H20N2O3. The van der Waals surface area contributed by atoms with Gasteiger partial charge in [-0.15, -0.1) is 0 Å². The first-order valence-corrected chi connectivity index (χ1v) is 4.95. The Morgan fingerprint density at radius 3 is 2.20 bits per heavy atom. The molecule has 1 unspecified atom stereocenters. The molecule has 0 aliphatic rings. The van der Waals surface area contributed by atoms with Gasteiger partial charge in [-0.3, -0.25) is 4.79 Å². The number of hydrogen-bond acceptors (Lipinski definition) is 3. The summed E-state index contributed by atoms with van der Waals surface area (Å²) < 4.78 is 0. The second kappa shape index (κ2) is 5.70. The third-order valence-corrected chi connectivity index (χ3v) is 2.02. The molecule has 0 aliphatic carbocycles. The first-order chi connectivity index (χ1) is 6.79. The number of carboxylic acids is 1. The lowest BCUT2D eigenvalue weighted by Gasteiger charge is -2.27. The molecule has 0 saturated heterocycles. The Hall–Kier alpha value is -1.10. The minimum Gasteiger partial charge on any atom is -0.480 e. The Labute approximate surface area is 90.2 Å². The summed E-state index contributed by atoms with van der Waals surface area (Å²) in [6, 6.07) is -0.846. The molecule has 0 spiro atoms. The minimum atomic E-state index is -1.000. The van der Waals surface area contributed by atoms with Crippen LogP contribution in [0.2, 0.25) is 0 Å². The molecule has 5 heteroatoms. The number of carbonyl (C=O) groups is 2. The maximum absolute atomic E-state index is 11.3. The average Bonchev–Trinajstić information content (AvgIpc) is 2.08. The maximum atomic E-state index is 11.3. The van der Waals surface area contributed by atoms with Crippen LogP contribution in [0.3, 0.4) is 0 Å². The zero-order valence-corrected chi connectivity index (χ0v) is 9.76. The fraction of sp³-hybridized carbons (Fsp3) is 0.800. The fourth-order valence-corrected chi connectivity index (χ4v) is 1.12. The van der Waals surface area contributed by atoms with E-state index in [-0.39, 0.29) is 12.3 Å². The van der Waals surface area contributed by atoms with Gasteiger partial charge in [-0.2, -0.15) is 0 Å². The molecule has 0 heterocycles. The minimum absolute atomic E-state index is 0.244. The molecule has 0 saturated carbocycles. The summed E-state index contributed by atoms with van der Waals surface area (Å²) in [5.74, 6) is -1.24. The fourth-order valence-electron chi connectivity index (χ4n) is 1.12. The van der Waals surface area contributed by atoms with Crippen LogP contribution in [0.4, 0.5) is 0 Å². The lowest BCUT2D eigenvalue weighted by atomic mass is 9.86. The van der Waals surface area contributed by atoms with E-state index >= 15 is 0 Å². The molecule has 0 bridgehead atoms. The topological polar surface area (TPSA) is 78.4 Å². The van der Waals surface area contributed by atoms with Gasteiger partial charge in [-0.25, -0.2) is 4.79 Å². The van der Waals surface area contributed by atoms with Crippen molar-refractivity contribution in [2.45, 2.75) is 33.2 Å². The molecule has 5 nitrogen and oxygen atoms in total. The number of aliphatic carboxylic acids is 1. The Kier molecular flexibility index (Phi) is 5.28. The number of amides is 1. The van der Waals surface area contributed by atoms with E-state index in [1.807, 2.05) is 0 Å². The SMILES string of the molecule is CNCCC(=O)NC(C(=O)O)C(C)(C)C. The van der Waals surface area contributed by atoms with Crippen molar-refractivity contribution >= 4 is 11.9 Å². The van der Waals surface area contributed by atoms with E-state index in [2.05, 4.69) is 10.6 Å². The van der Waals surface area contributed by atoms with Crippen LogP contribution in [0, 0.1) is 5.41 Å². The van der Waals surface area contributed by atoms with Gasteiger partial charge in [-0.05, 0) is 12.5 Å². The van der Waals surface area contributed by atoms with Crippen LogP contribution in [-0.2, 0) is 9.59 Å². The number of nitrogens with one attached hydrogen (secondary N) is 2. The van der Waals surface area contributed by atoms with Crippen molar-refractivity contribution in [3.63, 3.8) is 0 Å². The molecule has 15 heavy (non-hydrogen) atoms. The normalized spacial score (nSPS) is 13.3. The van der Waals surface area contributed by atoms with Crippen molar-refractivity contribution in [2.24, 2.45) is 5.41 Å². The van der Waals surface area contributed by atoms with E-state index in [9.17, 15) is 9.59 Å². The van der Waals surface area contributed by atoms with Crippen molar-refractivity contribution in [1.82, 2.24) is 10.6 Å². The molecule has 3 N–H and O–H groups in total. The highest BCUT2D eigenvalue weighted by Gasteiger charge is 2.32. The molecule has 0 aromatic heterocycles. The lowest BCUT2D eigenvalue weighted by molar-refractivity contribution is -0.144. The highest BCUT2D eigenvalue weighted by molar-refractivity contribution is 5.84. The number of carboxylic acid groups (broad SMARTS) is 1. The van der Waals surface area contributed by atoms with Crippen LogP contribution < -0.4 is 10.6 Å². The Morgan fingerprint density at radius 2 is 1.87 bits per heavy atom. The van der Waals surface area contributed by atoms with Crippen LogP contribution in [0.5, 0.6) is 0 Å². The van der Waals surface area contributed by atoms with Gasteiger partial charge in [0.15, 0.2) is 0 Å². The monoisotopic (exact) mass is 216 g/mol. The van der Waals surface area contributed by atoms with Gasteiger partial charge in [0.2, 0.25) is 5.91 Å². The van der Waals surface area contributed by atoms with Crippen LogP contribution in [0.25, 0.3) is 0 Å². The lowest BCUT2D eigenvalue weighted by Crippen LogP contribution is -2.49. The van der Waals surface area contributed by atoms with Gasteiger partial charge in [-0.1, -0.05) is 20.8 Å². The summed E-state index contributed by atoms with van der Waals surface area (Å²) in [4.78, 5) is 22.3. The van der Waals surface area contributed by atoms with Crippen molar-refractivity contribution < 1.29 is 14.7 Å². The molecule has 0 aliphatic heterocycles. The van der Waals surface area contributed by atoms with E-state index in [1.54, 1.807) is 27.8 Å². The first-order valence-electron chi connectivity index (χ1n) is 4.95. The van der Waals surface area contributed by atoms with Crippen LogP contribution in [0.1, 0.15) is 27.2 Å². The van der Waals surface area contributed by atoms with E-state index in [0.717, 1.165) is 0 Å². The smallest absolute Gasteiger partial charge is 0.326 e. The Bertz CT molecular complexity index is 233. The third kappa shape index (κ3) is 5.37. The molecular weight excluding hydrogens is 196 g/mol. The summed E-state index contributed by atoms with van der Waals surface area (Å²) in [7, 11) is 1.74. The number of carbonyl (C=O) groups excluding carboxylic acids is 1. The summed E-state index contributed by atoms with van der Waals surface area (Å²) >= 11 is 0. The van der Waals surface area contributed by atoms with E-state index in [4.69, 9.17) is 5.11 Å². The van der Waals surface area contributed by atoms with Crippen molar-refractivity contribution in [1.29, 1.82) is 0 Å². The average molecular weight is 216 g/mol. The third-order valence-electron chi connectivity index (χ3n) is 2.02. The van der Waals surface area contributed by atoms with E-state index < -0.39 is 17.4 Å². The molecule has 0 fully saturated rings. The summed E-state index contributed by atoms with van der Waals surface area (Å²) in [5.41, 5.74) is -0.485. The molecule has 0 aromatic carbocycles. The summed E-state index contributed by atoms with van der Waals surface area (Å²) in [6.45, 7) is 5.89. The van der Waals surface area contributed by atoms with Gasteiger partial charge >= 0.3 is 5.97 Å². The Morgan fingerprint density at radius 1 is 1.33 bits per heavy atom. The predicted octanol–water partition coefficient (Wildman–Crippen LogP) is 0.211. The molecule has 0 aromatic rings. The Balaban J connectivity index is 4.31. The van der Waals surface area contributed by atoms with Gasteiger partial charge < -0.3 is 15.7 Å². The summed E-state index contributed by atoms with van der Waals surface area (Å²) in [6.07, 6.45) is 0.288. The standard InChI is InChI=1S/C10H20N2O3/c1-10(2,3)8(9(14)15)12-7(13)5-6-11-4/h8,11H,5-6H2,1-4H3,(H,12,13)(H,14,15). The maximum Gasteiger partial charge on any atom is 0.326 e. The quantitative estimate of drug-likeness (QED) is 0.614. The largest absolute Gasteiger partial charge is 0.480 e. The molecule has 1 atom stereocenters. The zero-order valence-electron chi connectivity index (χ0n) is 9.76. The van der Waals surface area contributed by atoms with Gasteiger partial charge in [0, 0.05) is 13.0 Å². The van der Waals surface area contributed by atoms with Gasteiger partial charge in [0.1, 0.15) is 6.04 Å². The molecule has 88 valence electrons. The first kappa shape index (κ1) is 13.9. The second-order valence-corrected chi connectivity index (χ2v) is 4.56. The molecule has 0 radical (unpaired) electrons. The van der Waals surface area contributed by atoms with Crippen LogP contribution in [0.15, 0.2) is 0 Å². The second-order valence-electron chi connectivity index (χ2n) is 4.56. The summed E-state index contributed by atoms with van der Waals surface area (Å²) in [5, 5.41) is 14.3. The van der Waals surface area contributed by atoms with Crippen LogP contribution >= 0.6 is 0 Å². The van der Waals surface area contributed by atoms with Crippen molar-refractivity contribution in [3.05, 3.63) is 0 Å². The number of rotatable bonds is 5. The van der Waals surface area contributed by atoms with E-state index in [1.165, 1.54) is 0 Å². The molecule has 0 rings (SSSR count). The van der Waals surface area contributed by atoms with Crippen molar-refractivity contribution in [3.8, 4) is 0 Å².